The minimum absolute atomic E-state index is 0.113. The molecule has 0 aromatic rings. The lowest BCUT2D eigenvalue weighted by Gasteiger charge is -2.33. The van der Waals surface area contributed by atoms with Crippen LogP contribution in [0.2, 0.25) is 0 Å². The van der Waals surface area contributed by atoms with Crippen LogP contribution in [0.3, 0.4) is 0 Å². The van der Waals surface area contributed by atoms with Gasteiger partial charge in [-0.05, 0) is 30.6 Å². The quantitative estimate of drug-likeness (QED) is 0.746. The Bertz CT molecular complexity index is 389. The molecule has 0 aromatic carbocycles. The van der Waals surface area contributed by atoms with Gasteiger partial charge in [-0.1, -0.05) is 13.8 Å². The van der Waals surface area contributed by atoms with Gasteiger partial charge in [0.1, 0.15) is 0 Å². The van der Waals surface area contributed by atoms with Crippen LogP contribution in [0.5, 0.6) is 0 Å². The van der Waals surface area contributed by atoms with Crippen molar-refractivity contribution >= 4 is 21.8 Å². The van der Waals surface area contributed by atoms with Gasteiger partial charge in [0.2, 0.25) is 0 Å². The summed E-state index contributed by atoms with van der Waals surface area (Å²) in [5.74, 6) is 1.12. The lowest BCUT2D eigenvalue weighted by Crippen LogP contribution is -2.46. The van der Waals surface area contributed by atoms with Crippen LogP contribution in [0.4, 0.5) is 0 Å². The van der Waals surface area contributed by atoms with E-state index in [1.165, 1.54) is 0 Å². The molecule has 0 atom stereocenters. The summed E-state index contributed by atoms with van der Waals surface area (Å²) in [5.41, 5.74) is 0.113. The first-order chi connectivity index (χ1) is 8.35. The highest BCUT2D eigenvalue weighted by molar-refractivity contribution is 7.86. The van der Waals surface area contributed by atoms with Gasteiger partial charge < -0.3 is 0 Å². The zero-order valence-electron chi connectivity index (χ0n) is 11.2. The van der Waals surface area contributed by atoms with Crippen LogP contribution in [-0.2, 0) is 10.2 Å². The molecule has 0 aromatic heterocycles. The van der Waals surface area contributed by atoms with E-state index < -0.39 is 10.2 Å². The Hall–Kier alpha value is 0.160. The van der Waals surface area contributed by atoms with Crippen molar-refractivity contribution < 1.29 is 8.42 Å². The van der Waals surface area contributed by atoms with Crippen molar-refractivity contribution in [2.75, 3.05) is 32.1 Å². The fourth-order valence-corrected chi connectivity index (χ4v) is 4.86. The average molecular weight is 295 g/mol. The topological polar surface area (TPSA) is 40.6 Å². The van der Waals surface area contributed by atoms with Crippen LogP contribution in [0.1, 0.15) is 33.1 Å². The molecule has 18 heavy (non-hydrogen) atoms. The van der Waals surface area contributed by atoms with E-state index in [-0.39, 0.29) is 5.41 Å². The molecule has 2 aliphatic heterocycles. The van der Waals surface area contributed by atoms with Gasteiger partial charge in [-0.25, -0.2) is 0 Å². The summed E-state index contributed by atoms with van der Waals surface area (Å²) in [6.45, 7) is 6.80. The first-order valence-corrected chi connectivity index (χ1v) is 8.59. The number of hydrogen-bond donors (Lipinski definition) is 0. The Labute approximate surface area is 115 Å². The van der Waals surface area contributed by atoms with Crippen molar-refractivity contribution in [3.05, 3.63) is 0 Å². The Morgan fingerprint density at radius 1 is 1.17 bits per heavy atom. The molecule has 0 aliphatic carbocycles. The molecular weight excluding hydrogens is 272 g/mol. The lowest BCUT2D eigenvalue weighted by atomic mass is 9.93. The minimum atomic E-state index is -3.24. The van der Waals surface area contributed by atoms with Crippen molar-refractivity contribution in [2.24, 2.45) is 11.3 Å². The molecule has 2 heterocycles. The molecule has 2 saturated heterocycles. The highest BCUT2D eigenvalue weighted by atomic mass is 35.5. The smallest absolute Gasteiger partial charge is 0.195 e. The maximum absolute atomic E-state index is 12.5. The molecule has 0 amide bonds. The van der Waals surface area contributed by atoms with Crippen molar-refractivity contribution in [3.8, 4) is 0 Å². The fraction of sp³-hybridized carbons (Fsp3) is 1.00. The Morgan fingerprint density at radius 2 is 1.78 bits per heavy atom. The van der Waals surface area contributed by atoms with Crippen molar-refractivity contribution in [1.29, 1.82) is 0 Å². The molecule has 0 spiro atoms. The van der Waals surface area contributed by atoms with Gasteiger partial charge in [0, 0.05) is 32.1 Å². The number of alkyl halides is 1. The predicted octanol–water partition coefficient (Wildman–Crippen LogP) is 1.91. The maximum Gasteiger partial charge on any atom is 0.281 e. The summed E-state index contributed by atoms with van der Waals surface area (Å²) >= 11 is 5.83. The second kappa shape index (κ2) is 5.27. The van der Waals surface area contributed by atoms with Crippen molar-refractivity contribution in [2.45, 2.75) is 33.1 Å². The molecule has 0 radical (unpaired) electrons. The van der Waals surface area contributed by atoms with E-state index in [1.54, 1.807) is 8.61 Å². The third-order valence-corrected chi connectivity index (χ3v) is 6.51. The molecule has 0 bridgehead atoms. The summed E-state index contributed by atoms with van der Waals surface area (Å²) in [6.07, 6.45) is 2.73. The normalized spacial score (nSPS) is 27.7. The molecule has 0 saturated carbocycles. The third kappa shape index (κ3) is 3.00. The summed E-state index contributed by atoms with van der Waals surface area (Å²) < 4.78 is 28.3. The third-order valence-electron chi connectivity index (χ3n) is 4.09. The monoisotopic (exact) mass is 294 g/mol. The zero-order chi connectivity index (χ0) is 13.4. The van der Waals surface area contributed by atoms with E-state index in [0.717, 1.165) is 19.3 Å². The van der Waals surface area contributed by atoms with E-state index >= 15 is 0 Å². The van der Waals surface area contributed by atoms with Crippen LogP contribution in [-0.4, -0.2) is 49.1 Å². The van der Waals surface area contributed by atoms with E-state index in [4.69, 9.17) is 11.6 Å². The van der Waals surface area contributed by atoms with Gasteiger partial charge in [0.25, 0.3) is 10.2 Å². The summed E-state index contributed by atoms with van der Waals surface area (Å²) in [6, 6.07) is 0. The van der Waals surface area contributed by atoms with Crippen LogP contribution >= 0.6 is 11.6 Å². The number of halogens is 1. The molecule has 4 nitrogen and oxygen atoms in total. The maximum atomic E-state index is 12.5. The van der Waals surface area contributed by atoms with Crippen LogP contribution in [0.15, 0.2) is 0 Å². The second-order valence-electron chi connectivity index (χ2n) is 6.25. The van der Waals surface area contributed by atoms with Crippen LogP contribution < -0.4 is 0 Å². The highest BCUT2D eigenvalue weighted by Crippen LogP contribution is 2.32. The van der Waals surface area contributed by atoms with Gasteiger partial charge >= 0.3 is 0 Å². The standard InChI is InChI=1S/C12H23ClN2O2S/c1-12(2)5-8-15(10-12)18(16,17)14-6-3-11(9-13)4-7-14/h11H,3-10H2,1-2H3. The van der Waals surface area contributed by atoms with Crippen molar-refractivity contribution in [3.63, 3.8) is 0 Å². The summed E-state index contributed by atoms with van der Waals surface area (Å²) in [7, 11) is -3.24. The SMILES string of the molecule is CC1(C)CCN(S(=O)(=O)N2CCC(CCl)CC2)C1. The fourth-order valence-electron chi connectivity index (χ4n) is 2.72. The summed E-state index contributed by atoms with van der Waals surface area (Å²) in [4.78, 5) is 0. The largest absolute Gasteiger partial charge is 0.281 e. The molecule has 0 unspecified atom stereocenters. The Balaban J connectivity index is 2.00. The molecule has 6 heteroatoms. The second-order valence-corrected chi connectivity index (χ2v) is 8.49. The van der Waals surface area contributed by atoms with Crippen LogP contribution in [0.25, 0.3) is 0 Å². The van der Waals surface area contributed by atoms with Crippen molar-refractivity contribution in [1.82, 2.24) is 8.61 Å². The number of nitrogens with zero attached hydrogens (tertiary/aromatic N) is 2. The number of piperidine rings is 1. The molecule has 106 valence electrons. The predicted molar refractivity (Wildman–Crippen MR) is 73.9 cm³/mol. The minimum Gasteiger partial charge on any atom is -0.195 e. The molecule has 2 rings (SSSR count). The van der Waals surface area contributed by atoms with Gasteiger partial charge in [-0.2, -0.15) is 17.0 Å². The van der Waals surface area contributed by atoms with E-state index in [2.05, 4.69) is 13.8 Å². The van der Waals surface area contributed by atoms with Gasteiger partial charge in [0.05, 0.1) is 0 Å². The number of hydrogen-bond acceptors (Lipinski definition) is 2. The van der Waals surface area contributed by atoms with E-state index in [1.807, 2.05) is 0 Å². The first-order valence-electron chi connectivity index (χ1n) is 6.66. The summed E-state index contributed by atoms with van der Waals surface area (Å²) in [5, 5.41) is 0. The van der Waals surface area contributed by atoms with Crippen LogP contribution in [0, 0.1) is 11.3 Å². The van der Waals surface area contributed by atoms with Gasteiger partial charge in [-0.3, -0.25) is 0 Å². The molecule has 0 N–H and O–H groups in total. The lowest BCUT2D eigenvalue weighted by molar-refractivity contribution is 0.268. The molecule has 2 aliphatic rings. The van der Waals surface area contributed by atoms with Gasteiger partial charge in [-0.15, -0.1) is 11.6 Å². The van der Waals surface area contributed by atoms with E-state index in [0.29, 0.717) is 38.0 Å². The highest BCUT2D eigenvalue weighted by Gasteiger charge is 2.39. The zero-order valence-corrected chi connectivity index (χ0v) is 12.8. The van der Waals surface area contributed by atoms with Gasteiger partial charge in [0.15, 0.2) is 0 Å². The molecule has 2 fully saturated rings. The van der Waals surface area contributed by atoms with E-state index in [9.17, 15) is 8.42 Å². The molecular formula is C12H23ClN2O2S. The number of rotatable bonds is 3. The Morgan fingerprint density at radius 3 is 2.22 bits per heavy atom. The Kier molecular flexibility index (Phi) is 4.26. The average Bonchev–Trinajstić information content (AvgIpc) is 2.70. The first kappa shape index (κ1) is 14.6.